The molecule has 1 nitrogen and oxygen atoms in total. The normalized spacial score (nSPS) is 10.7. The monoisotopic (exact) mass is 236 g/mol. The Labute approximate surface area is 108 Å². The van der Waals surface area contributed by atoms with E-state index in [2.05, 4.69) is 37.4 Å². The van der Waals surface area contributed by atoms with Gasteiger partial charge in [0.05, 0.1) is 0 Å². The average molecular weight is 236 g/mol. The van der Waals surface area contributed by atoms with Crippen molar-refractivity contribution in [2.24, 2.45) is 0 Å². The second kappa shape index (κ2) is 5.87. The molecule has 0 spiro atoms. The van der Waals surface area contributed by atoms with Gasteiger partial charge in [0.1, 0.15) is 12.4 Å². The highest BCUT2D eigenvalue weighted by molar-refractivity contribution is 5.85. The molecule has 0 unspecified atom stereocenters. The lowest BCUT2D eigenvalue weighted by atomic mass is 10.1. The number of benzene rings is 2. The number of hydrogen-bond donors (Lipinski definition) is 0. The molecule has 2 rings (SSSR count). The first-order chi connectivity index (χ1) is 8.81. The van der Waals surface area contributed by atoms with Crippen LogP contribution in [-0.4, -0.2) is 0 Å². The molecule has 0 heterocycles. The van der Waals surface area contributed by atoms with E-state index in [1.807, 2.05) is 24.3 Å². The highest BCUT2D eigenvalue weighted by Gasteiger charge is 2.00. The minimum absolute atomic E-state index is 0.529. The van der Waals surface area contributed by atoms with Crippen LogP contribution in [0.2, 0.25) is 0 Å². The third-order valence-electron chi connectivity index (χ3n) is 2.71. The van der Waals surface area contributed by atoms with Crippen molar-refractivity contribution in [2.45, 2.75) is 6.61 Å². The fourth-order valence-electron chi connectivity index (χ4n) is 1.81. The van der Waals surface area contributed by atoms with Gasteiger partial charge in [-0.15, -0.1) is 0 Å². The molecule has 0 saturated carbocycles. The molecule has 0 aliphatic carbocycles. The van der Waals surface area contributed by atoms with Gasteiger partial charge in [0.2, 0.25) is 0 Å². The van der Waals surface area contributed by atoms with Crippen molar-refractivity contribution < 1.29 is 4.74 Å². The maximum Gasteiger partial charge on any atom is 0.114 e. The molecule has 0 radical (unpaired) electrons. The van der Waals surface area contributed by atoms with Crippen molar-refractivity contribution in [3.63, 3.8) is 0 Å². The summed E-state index contributed by atoms with van der Waals surface area (Å²) in [5.41, 5.74) is 1.17. The van der Waals surface area contributed by atoms with E-state index in [1.165, 1.54) is 16.3 Å². The van der Waals surface area contributed by atoms with Crippen LogP contribution in [0, 0.1) is 0 Å². The number of ether oxygens (including phenoxy) is 1. The van der Waals surface area contributed by atoms with E-state index < -0.39 is 0 Å². The number of allylic oxidation sites excluding steroid dienone is 3. The first-order valence-electron chi connectivity index (χ1n) is 5.88. The van der Waals surface area contributed by atoms with Gasteiger partial charge in [-0.25, -0.2) is 0 Å². The molecule has 0 N–H and O–H groups in total. The summed E-state index contributed by atoms with van der Waals surface area (Å²) in [5.74, 6) is 0.642. The molecule has 0 aromatic heterocycles. The Bertz CT molecular complexity index is 588. The van der Waals surface area contributed by atoms with E-state index in [4.69, 9.17) is 4.74 Å². The third-order valence-corrected chi connectivity index (χ3v) is 2.71. The van der Waals surface area contributed by atoms with E-state index in [1.54, 1.807) is 12.2 Å². The Hall–Kier alpha value is -2.28. The van der Waals surface area contributed by atoms with Crippen LogP contribution in [-0.2, 0) is 11.3 Å². The summed E-state index contributed by atoms with van der Waals surface area (Å²) in [6.07, 6.45) is 5.32. The molecule has 0 aliphatic heterocycles. The Kier molecular flexibility index (Phi) is 3.98. The molecular weight excluding hydrogens is 220 g/mol. The van der Waals surface area contributed by atoms with Gasteiger partial charge in [0.25, 0.3) is 0 Å². The molecular formula is C17H16O. The quantitative estimate of drug-likeness (QED) is 0.544. The van der Waals surface area contributed by atoms with Crippen LogP contribution >= 0.6 is 0 Å². The van der Waals surface area contributed by atoms with Crippen molar-refractivity contribution >= 4 is 10.8 Å². The van der Waals surface area contributed by atoms with Crippen LogP contribution in [0.5, 0.6) is 0 Å². The largest absolute Gasteiger partial charge is 0.490 e. The average Bonchev–Trinajstić information content (AvgIpc) is 2.42. The van der Waals surface area contributed by atoms with Gasteiger partial charge in [-0.2, -0.15) is 0 Å². The maximum absolute atomic E-state index is 5.61. The number of rotatable bonds is 5. The minimum atomic E-state index is 0.529. The Morgan fingerprint density at radius 3 is 2.72 bits per heavy atom. The second-order valence-electron chi connectivity index (χ2n) is 3.99. The zero-order valence-electron chi connectivity index (χ0n) is 10.3. The minimum Gasteiger partial charge on any atom is -0.490 e. The van der Waals surface area contributed by atoms with Gasteiger partial charge >= 0.3 is 0 Å². The predicted molar refractivity (Wildman–Crippen MR) is 77.2 cm³/mol. The molecule has 0 saturated heterocycles. The van der Waals surface area contributed by atoms with Crippen molar-refractivity contribution in [3.05, 3.63) is 85.2 Å². The van der Waals surface area contributed by atoms with Crippen molar-refractivity contribution in [1.29, 1.82) is 0 Å². The molecule has 0 atom stereocenters. The molecule has 1 heteroatoms. The molecule has 2 aromatic carbocycles. The highest BCUT2D eigenvalue weighted by atomic mass is 16.5. The Balaban J connectivity index is 2.15. The summed E-state index contributed by atoms with van der Waals surface area (Å²) >= 11 is 0. The molecule has 18 heavy (non-hydrogen) atoms. The lowest BCUT2D eigenvalue weighted by Gasteiger charge is -2.08. The summed E-state index contributed by atoms with van der Waals surface area (Å²) in [6, 6.07) is 14.5. The van der Waals surface area contributed by atoms with Crippen LogP contribution in [0.25, 0.3) is 10.8 Å². The molecule has 0 aliphatic rings. The van der Waals surface area contributed by atoms with Crippen molar-refractivity contribution in [2.75, 3.05) is 0 Å². The van der Waals surface area contributed by atoms with Gasteiger partial charge in [-0.1, -0.05) is 67.8 Å². The van der Waals surface area contributed by atoms with E-state index >= 15 is 0 Å². The summed E-state index contributed by atoms with van der Waals surface area (Å²) in [4.78, 5) is 0. The van der Waals surface area contributed by atoms with Crippen LogP contribution in [0.3, 0.4) is 0 Å². The highest BCUT2D eigenvalue weighted by Crippen LogP contribution is 2.19. The van der Waals surface area contributed by atoms with E-state index in [0.717, 1.165) is 0 Å². The Morgan fingerprint density at radius 2 is 1.89 bits per heavy atom. The van der Waals surface area contributed by atoms with Crippen molar-refractivity contribution in [1.82, 2.24) is 0 Å². The molecule has 2 aromatic rings. The van der Waals surface area contributed by atoms with E-state index in [9.17, 15) is 0 Å². The lowest BCUT2D eigenvalue weighted by Crippen LogP contribution is -1.92. The van der Waals surface area contributed by atoms with Gasteiger partial charge in [0, 0.05) is 0 Å². The fourth-order valence-corrected chi connectivity index (χ4v) is 1.81. The standard InChI is InChI=1S/C17H16O/c1-3-4-8-14(2)18-13-16-11-7-10-15-9-5-6-12-17(15)16/h3-12H,1-2,13H2/b8-4-. The molecule has 90 valence electrons. The molecule has 0 fully saturated rings. The fraction of sp³-hybridized carbons (Fsp3) is 0.0588. The maximum atomic E-state index is 5.61. The second-order valence-corrected chi connectivity index (χ2v) is 3.99. The van der Waals surface area contributed by atoms with Crippen molar-refractivity contribution in [3.8, 4) is 0 Å². The van der Waals surface area contributed by atoms with Crippen LogP contribution in [0.15, 0.2) is 79.6 Å². The van der Waals surface area contributed by atoms with E-state index in [-0.39, 0.29) is 0 Å². The SMILES string of the molecule is C=C/C=C\C(=C)OCc1cccc2ccccc12. The zero-order chi connectivity index (χ0) is 12.8. The Morgan fingerprint density at radius 1 is 1.11 bits per heavy atom. The summed E-state index contributed by atoms with van der Waals surface area (Å²) in [7, 11) is 0. The topological polar surface area (TPSA) is 9.23 Å². The van der Waals surface area contributed by atoms with Gasteiger partial charge in [0.15, 0.2) is 0 Å². The third kappa shape index (κ3) is 2.89. The van der Waals surface area contributed by atoms with Gasteiger partial charge < -0.3 is 4.74 Å². The first kappa shape index (κ1) is 12.2. The molecule has 0 amide bonds. The van der Waals surface area contributed by atoms with Crippen LogP contribution in [0.1, 0.15) is 5.56 Å². The van der Waals surface area contributed by atoms with Crippen LogP contribution < -0.4 is 0 Å². The lowest BCUT2D eigenvalue weighted by molar-refractivity contribution is 0.214. The molecule has 0 bridgehead atoms. The number of fused-ring (bicyclic) bond motifs is 1. The predicted octanol–water partition coefficient (Wildman–Crippen LogP) is 4.61. The van der Waals surface area contributed by atoms with Gasteiger partial charge in [-0.3, -0.25) is 0 Å². The summed E-state index contributed by atoms with van der Waals surface area (Å²) in [6.45, 7) is 7.97. The van der Waals surface area contributed by atoms with E-state index in [0.29, 0.717) is 12.4 Å². The van der Waals surface area contributed by atoms with Crippen LogP contribution in [0.4, 0.5) is 0 Å². The van der Waals surface area contributed by atoms with Gasteiger partial charge in [-0.05, 0) is 22.4 Å². The smallest absolute Gasteiger partial charge is 0.114 e. The summed E-state index contributed by atoms with van der Waals surface area (Å²) < 4.78 is 5.61. The zero-order valence-corrected chi connectivity index (χ0v) is 10.3. The summed E-state index contributed by atoms with van der Waals surface area (Å²) in [5, 5.41) is 2.45. The first-order valence-corrected chi connectivity index (χ1v) is 5.88. The number of hydrogen-bond acceptors (Lipinski definition) is 1.